The van der Waals surface area contributed by atoms with E-state index < -0.39 is 0 Å². The first-order valence-corrected chi connectivity index (χ1v) is 9.93. The van der Waals surface area contributed by atoms with Crippen LogP contribution in [0.15, 0.2) is 24.3 Å². The molecule has 2 heterocycles. The summed E-state index contributed by atoms with van der Waals surface area (Å²) in [5.74, 6) is 0.632. The maximum atomic E-state index is 12.7. The predicted octanol–water partition coefficient (Wildman–Crippen LogP) is 3.54. The number of carbonyl (C=O) groups excluding carboxylic acids is 1. The van der Waals surface area contributed by atoms with Gasteiger partial charge >= 0.3 is 0 Å². The quantitative estimate of drug-likeness (QED) is 0.908. The van der Waals surface area contributed by atoms with Gasteiger partial charge in [-0.25, -0.2) is 0 Å². The first-order chi connectivity index (χ1) is 12.1. The van der Waals surface area contributed by atoms with Gasteiger partial charge in [0.15, 0.2) is 0 Å². The topological polar surface area (TPSA) is 43.8 Å². The van der Waals surface area contributed by atoms with E-state index in [0.717, 1.165) is 58.3 Å². The minimum atomic E-state index is 0.0391. The second-order valence-corrected chi connectivity index (χ2v) is 7.79. The van der Waals surface area contributed by atoms with E-state index >= 15 is 0 Å². The van der Waals surface area contributed by atoms with Crippen molar-refractivity contribution in [3.05, 3.63) is 29.8 Å². The highest BCUT2D eigenvalue weighted by molar-refractivity contribution is 5.78. The second kappa shape index (κ2) is 8.22. The fourth-order valence-corrected chi connectivity index (χ4v) is 4.52. The van der Waals surface area contributed by atoms with Crippen LogP contribution in [0.2, 0.25) is 0 Å². The summed E-state index contributed by atoms with van der Waals surface area (Å²) in [4.78, 5) is 17.1. The Bertz CT molecular complexity index is 583. The molecule has 2 saturated heterocycles. The number of rotatable bonds is 4. The van der Waals surface area contributed by atoms with E-state index in [1.54, 1.807) is 6.07 Å². The smallest absolute Gasteiger partial charge is 0.236 e. The Morgan fingerprint density at radius 3 is 2.60 bits per heavy atom. The average molecular weight is 344 g/mol. The summed E-state index contributed by atoms with van der Waals surface area (Å²) in [6.45, 7) is 6.55. The van der Waals surface area contributed by atoms with Crippen LogP contribution >= 0.6 is 0 Å². The molecule has 138 valence electrons. The van der Waals surface area contributed by atoms with Crippen molar-refractivity contribution in [1.29, 1.82) is 0 Å². The molecule has 4 nitrogen and oxygen atoms in total. The standard InChI is InChI=1S/C21H32N2O2/c1-2-21(18-9-8-10-19(24)15-18)11-4-7-12-22(17-21)16-20(25)23-13-5-3-6-14-23/h8-10,15,24H,2-7,11-14,16-17H2,1H3. The van der Waals surface area contributed by atoms with E-state index in [2.05, 4.69) is 22.8 Å². The Kier molecular flexibility index (Phi) is 6.00. The maximum Gasteiger partial charge on any atom is 0.236 e. The number of aromatic hydroxyl groups is 1. The SMILES string of the molecule is CCC1(c2cccc(O)c2)CCCCN(CC(=O)N2CCCCC2)C1. The van der Waals surface area contributed by atoms with Crippen LogP contribution in [0.4, 0.5) is 0 Å². The van der Waals surface area contributed by atoms with Crippen molar-refractivity contribution in [3.63, 3.8) is 0 Å². The molecule has 4 heteroatoms. The van der Waals surface area contributed by atoms with Crippen molar-refractivity contribution in [2.75, 3.05) is 32.7 Å². The number of hydrogen-bond donors (Lipinski definition) is 1. The van der Waals surface area contributed by atoms with E-state index in [1.807, 2.05) is 12.1 Å². The lowest BCUT2D eigenvalue weighted by molar-refractivity contribution is -0.133. The summed E-state index contributed by atoms with van der Waals surface area (Å²) in [6, 6.07) is 7.73. The predicted molar refractivity (Wildman–Crippen MR) is 101 cm³/mol. The number of nitrogens with zero attached hydrogens (tertiary/aromatic N) is 2. The average Bonchev–Trinajstić information content (AvgIpc) is 2.85. The molecule has 0 radical (unpaired) electrons. The highest BCUT2D eigenvalue weighted by atomic mass is 16.3. The van der Waals surface area contributed by atoms with Crippen LogP contribution in [0.5, 0.6) is 5.75 Å². The highest BCUT2D eigenvalue weighted by Gasteiger charge is 2.35. The Labute approximate surface area is 151 Å². The number of carbonyl (C=O) groups is 1. The van der Waals surface area contributed by atoms with E-state index in [-0.39, 0.29) is 5.41 Å². The monoisotopic (exact) mass is 344 g/mol. The van der Waals surface area contributed by atoms with Gasteiger partial charge in [0.25, 0.3) is 0 Å². The van der Waals surface area contributed by atoms with Gasteiger partial charge in [0.05, 0.1) is 6.54 Å². The second-order valence-electron chi connectivity index (χ2n) is 7.79. The summed E-state index contributed by atoms with van der Waals surface area (Å²) in [5.41, 5.74) is 1.25. The molecule has 1 atom stereocenters. The molecule has 2 fully saturated rings. The molecular weight excluding hydrogens is 312 g/mol. The zero-order chi connectivity index (χ0) is 17.7. The number of piperidine rings is 1. The van der Waals surface area contributed by atoms with Gasteiger partial charge in [-0.15, -0.1) is 0 Å². The zero-order valence-corrected chi connectivity index (χ0v) is 15.5. The molecule has 1 aromatic carbocycles. The number of amides is 1. The van der Waals surface area contributed by atoms with Gasteiger partial charge in [-0.3, -0.25) is 9.69 Å². The van der Waals surface area contributed by atoms with Gasteiger partial charge in [0.2, 0.25) is 5.91 Å². The molecule has 0 bridgehead atoms. The lowest BCUT2D eigenvalue weighted by Crippen LogP contribution is -2.46. The van der Waals surface area contributed by atoms with Crippen molar-refractivity contribution in [2.24, 2.45) is 0 Å². The third-order valence-corrected chi connectivity index (χ3v) is 6.11. The van der Waals surface area contributed by atoms with Crippen LogP contribution in [-0.2, 0) is 10.2 Å². The summed E-state index contributed by atoms with van der Waals surface area (Å²) >= 11 is 0. The van der Waals surface area contributed by atoms with Crippen molar-refractivity contribution in [1.82, 2.24) is 9.80 Å². The largest absolute Gasteiger partial charge is 0.508 e. The Hall–Kier alpha value is -1.55. The first-order valence-electron chi connectivity index (χ1n) is 9.93. The van der Waals surface area contributed by atoms with E-state index in [9.17, 15) is 9.90 Å². The van der Waals surface area contributed by atoms with Crippen LogP contribution in [0.3, 0.4) is 0 Å². The molecule has 1 amide bonds. The lowest BCUT2D eigenvalue weighted by atomic mass is 9.74. The summed E-state index contributed by atoms with van der Waals surface area (Å²) in [6.07, 6.45) is 8.03. The van der Waals surface area contributed by atoms with Gasteiger partial charge in [-0.05, 0) is 62.8 Å². The van der Waals surface area contributed by atoms with Crippen LogP contribution in [0.25, 0.3) is 0 Å². The first kappa shape index (κ1) is 18.2. The van der Waals surface area contributed by atoms with Gasteiger partial charge in [0, 0.05) is 25.0 Å². The molecule has 25 heavy (non-hydrogen) atoms. The van der Waals surface area contributed by atoms with Gasteiger partial charge in [-0.2, -0.15) is 0 Å². The molecule has 0 aromatic heterocycles. The molecule has 2 aliphatic heterocycles. The Morgan fingerprint density at radius 2 is 1.88 bits per heavy atom. The number of phenols is 1. The minimum absolute atomic E-state index is 0.0391. The summed E-state index contributed by atoms with van der Waals surface area (Å²) < 4.78 is 0. The van der Waals surface area contributed by atoms with Gasteiger partial charge in [-0.1, -0.05) is 25.5 Å². The van der Waals surface area contributed by atoms with Crippen molar-refractivity contribution in [3.8, 4) is 5.75 Å². The zero-order valence-electron chi connectivity index (χ0n) is 15.5. The van der Waals surface area contributed by atoms with Crippen LogP contribution in [-0.4, -0.2) is 53.5 Å². The number of phenolic OH excluding ortho intramolecular Hbond substituents is 1. The summed E-state index contributed by atoms with van der Waals surface area (Å²) in [7, 11) is 0. The molecular formula is C21H32N2O2. The van der Waals surface area contributed by atoms with E-state index in [0.29, 0.717) is 18.2 Å². The molecule has 1 unspecified atom stereocenters. The molecule has 0 saturated carbocycles. The fraction of sp³-hybridized carbons (Fsp3) is 0.667. The molecule has 3 rings (SSSR count). The van der Waals surface area contributed by atoms with Gasteiger partial charge < -0.3 is 10.0 Å². The van der Waals surface area contributed by atoms with E-state index in [1.165, 1.54) is 18.4 Å². The molecule has 1 N–H and O–H groups in total. The maximum absolute atomic E-state index is 12.7. The minimum Gasteiger partial charge on any atom is -0.508 e. The van der Waals surface area contributed by atoms with Crippen molar-refractivity contribution in [2.45, 2.75) is 57.3 Å². The van der Waals surface area contributed by atoms with Crippen LogP contribution in [0.1, 0.15) is 57.4 Å². The Morgan fingerprint density at radius 1 is 1.12 bits per heavy atom. The Balaban J connectivity index is 1.73. The third-order valence-electron chi connectivity index (χ3n) is 6.11. The number of likely N-dealkylation sites (tertiary alicyclic amines) is 2. The third kappa shape index (κ3) is 4.35. The number of benzene rings is 1. The summed E-state index contributed by atoms with van der Waals surface area (Å²) in [5, 5.41) is 9.93. The highest BCUT2D eigenvalue weighted by Crippen LogP contribution is 2.37. The number of hydrogen-bond acceptors (Lipinski definition) is 3. The molecule has 0 aliphatic carbocycles. The molecule has 1 aromatic rings. The molecule has 2 aliphatic rings. The van der Waals surface area contributed by atoms with Gasteiger partial charge in [0.1, 0.15) is 5.75 Å². The van der Waals surface area contributed by atoms with Crippen molar-refractivity contribution < 1.29 is 9.90 Å². The van der Waals surface area contributed by atoms with Crippen molar-refractivity contribution >= 4 is 5.91 Å². The molecule has 0 spiro atoms. The lowest BCUT2D eigenvalue weighted by Gasteiger charge is -2.37. The normalized spacial score (nSPS) is 25.6. The van der Waals surface area contributed by atoms with E-state index in [4.69, 9.17) is 0 Å². The fourth-order valence-electron chi connectivity index (χ4n) is 4.52. The van der Waals surface area contributed by atoms with Crippen LogP contribution < -0.4 is 0 Å². The van der Waals surface area contributed by atoms with Crippen LogP contribution in [0, 0.1) is 0 Å².